The number of hydrogen-bond donors (Lipinski definition) is 0. The molecule has 3 heterocycles. The molecular weight excluding hydrogens is 244 g/mol. The summed E-state index contributed by atoms with van der Waals surface area (Å²) in [5.41, 5.74) is 3.86. The van der Waals surface area contributed by atoms with Crippen molar-refractivity contribution in [2.45, 2.75) is 0 Å². The van der Waals surface area contributed by atoms with Crippen LogP contribution in [0.2, 0.25) is 0 Å². The standard InChI is InChI=1S/C10H4N2S3/c1-3-13-5-7(1)9-10(12-15-11-9)8-2-4-14-6-8/h1-4H. The Morgan fingerprint density at radius 3 is 1.80 bits per heavy atom. The fourth-order valence-electron chi connectivity index (χ4n) is 1.26. The van der Waals surface area contributed by atoms with Crippen molar-refractivity contribution in [3.05, 3.63) is 33.7 Å². The van der Waals surface area contributed by atoms with Gasteiger partial charge in [0.25, 0.3) is 0 Å². The molecule has 2 nitrogen and oxygen atoms in total. The lowest BCUT2D eigenvalue weighted by molar-refractivity contribution is 1.50. The molecule has 0 fully saturated rings. The number of thiophene rings is 2. The third-order valence-corrected chi connectivity index (χ3v) is 3.69. The molecule has 3 aromatic heterocycles. The highest BCUT2D eigenvalue weighted by molar-refractivity contribution is 7.08. The van der Waals surface area contributed by atoms with E-state index in [0.717, 1.165) is 22.5 Å². The Labute approximate surface area is 99.2 Å². The Balaban J connectivity index is 2.15. The van der Waals surface area contributed by atoms with E-state index >= 15 is 0 Å². The Bertz CT molecular complexity index is 488. The van der Waals surface area contributed by atoms with E-state index in [1.165, 1.54) is 11.7 Å². The molecular formula is C10H4N2S3. The molecule has 0 amide bonds. The summed E-state index contributed by atoms with van der Waals surface area (Å²) in [5.74, 6) is 0. The van der Waals surface area contributed by atoms with Crippen LogP contribution in [0.4, 0.5) is 0 Å². The molecule has 5 heteroatoms. The molecule has 0 saturated heterocycles. The predicted octanol–water partition coefficient (Wildman–Crippen LogP) is 3.60. The molecule has 0 aromatic carbocycles. The van der Waals surface area contributed by atoms with Crippen molar-refractivity contribution in [1.82, 2.24) is 8.75 Å². The summed E-state index contributed by atoms with van der Waals surface area (Å²) in [6.07, 6.45) is 0. The van der Waals surface area contributed by atoms with Crippen LogP contribution in [0.5, 0.6) is 0 Å². The van der Waals surface area contributed by atoms with Crippen LogP contribution >= 0.6 is 34.4 Å². The smallest absolute Gasteiger partial charge is 0.114 e. The topological polar surface area (TPSA) is 25.8 Å². The SMILES string of the molecule is [c]1sccc1-c1nsnc1-c1[c]scc1. The molecule has 2 radical (unpaired) electrons. The monoisotopic (exact) mass is 248 g/mol. The quantitative estimate of drug-likeness (QED) is 0.692. The highest BCUT2D eigenvalue weighted by atomic mass is 32.1. The summed E-state index contributed by atoms with van der Waals surface area (Å²) in [6, 6.07) is 4.02. The van der Waals surface area contributed by atoms with Crippen LogP contribution in [0, 0.1) is 10.8 Å². The Morgan fingerprint density at radius 1 is 0.867 bits per heavy atom. The minimum absolute atomic E-state index is 0.913. The molecule has 3 rings (SSSR count). The molecule has 0 spiro atoms. The van der Waals surface area contributed by atoms with E-state index in [1.807, 2.05) is 22.9 Å². The second kappa shape index (κ2) is 3.84. The zero-order valence-electron chi connectivity index (χ0n) is 7.43. The van der Waals surface area contributed by atoms with E-state index in [-0.39, 0.29) is 0 Å². The van der Waals surface area contributed by atoms with Crippen LogP contribution in [0.25, 0.3) is 22.5 Å². The molecule has 0 aliphatic rings. The van der Waals surface area contributed by atoms with Gasteiger partial charge in [0.1, 0.15) is 11.4 Å². The van der Waals surface area contributed by atoms with E-state index in [9.17, 15) is 0 Å². The molecule has 0 aliphatic carbocycles. The third-order valence-electron chi connectivity index (χ3n) is 1.94. The van der Waals surface area contributed by atoms with Gasteiger partial charge < -0.3 is 0 Å². The van der Waals surface area contributed by atoms with E-state index in [2.05, 4.69) is 19.5 Å². The first-order valence-electron chi connectivity index (χ1n) is 4.19. The average molecular weight is 248 g/mol. The van der Waals surface area contributed by atoms with Gasteiger partial charge in [-0.15, -0.1) is 22.7 Å². The van der Waals surface area contributed by atoms with Gasteiger partial charge >= 0.3 is 0 Å². The normalized spacial score (nSPS) is 10.7. The molecule has 0 N–H and O–H groups in total. The van der Waals surface area contributed by atoms with Crippen molar-refractivity contribution >= 4 is 34.4 Å². The van der Waals surface area contributed by atoms with E-state index in [0.29, 0.717) is 0 Å². The van der Waals surface area contributed by atoms with E-state index < -0.39 is 0 Å². The van der Waals surface area contributed by atoms with Gasteiger partial charge in [-0.2, -0.15) is 8.75 Å². The minimum atomic E-state index is 0.913. The van der Waals surface area contributed by atoms with Crippen molar-refractivity contribution in [1.29, 1.82) is 0 Å². The highest BCUT2D eigenvalue weighted by Gasteiger charge is 2.13. The predicted molar refractivity (Wildman–Crippen MR) is 64.2 cm³/mol. The maximum Gasteiger partial charge on any atom is 0.114 e. The highest BCUT2D eigenvalue weighted by Crippen LogP contribution is 2.31. The van der Waals surface area contributed by atoms with Gasteiger partial charge in [0.15, 0.2) is 0 Å². The van der Waals surface area contributed by atoms with Gasteiger partial charge in [-0.25, -0.2) is 0 Å². The number of aromatic nitrogens is 2. The third kappa shape index (κ3) is 1.62. The van der Waals surface area contributed by atoms with Crippen LogP contribution in [0.3, 0.4) is 0 Å². The van der Waals surface area contributed by atoms with Gasteiger partial charge in [0.05, 0.1) is 22.5 Å². The van der Waals surface area contributed by atoms with Crippen LogP contribution in [-0.2, 0) is 0 Å². The fraction of sp³-hybridized carbons (Fsp3) is 0. The summed E-state index contributed by atoms with van der Waals surface area (Å²) in [4.78, 5) is 0. The van der Waals surface area contributed by atoms with Crippen molar-refractivity contribution in [3.63, 3.8) is 0 Å². The Morgan fingerprint density at radius 2 is 1.40 bits per heavy atom. The van der Waals surface area contributed by atoms with Gasteiger partial charge in [0, 0.05) is 11.1 Å². The van der Waals surface area contributed by atoms with Crippen LogP contribution in [0.15, 0.2) is 22.9 Å². The second-order valence-corrected chi connectivity index (χ2v) is 4.79. The van der Waals surface area contributed by atoms with E-state index in [1.54, 1.807) is 22.7 Å². The molecule has 0 unspecified atom stereocenters. The lowest BCUT2D eigenvalue weighted by atomic mass is 10.1. The first-order chi connectivity index (χ1) is 7.45. The largest absolute Gasteiger partial charge is 0.172 e. The lowest BCUT2D eigenvalue weighted by Gasteiger charge is -1.93. The van der Waals surface area contributed by atoms with E-state index in [4.69, 9.17) is 0 Å². The van der Waals surface area contributed by atoms with Crippen molar-refractivity contribution in [2.24, 2.45) is 0 Å². The van der Waals surface area contributed by atoms with Gasteiger partial charge in [-0.05, 0) is 22.9 Å². The molecule has 0 atom stereocenters. The maximum atomic E-state index is 4.31. The molecule has 15 heavy (non-hydrogen) atoms. The van der Waals surface area contributed by atoms with Crippen LogP contribution in [-0.4, -0.2) is 8.75 Å². The molecule has 3 aromatic rings. The first kappa shape index (κ1) is 9.21. The zero-order chi connectivity index (χ0) is 10.1. The Hall–Kier alpha value is -1.04. The van der Waals surface area contributed by atoms with Crippen LogP contribution in [0.1, 0.15) is 0 Å². The number of nitrogens with zero attached hydrogens (tertiary/aromatic N) is 2. The second-order valence-electron chi connectivity index (χ2n) is 2.83. The van der Waals surface area contributed by atoms with Crippen molar-refractivity contribution in [3.8, 4) is 22.5 Å². The fourth-order valence-corrected chi connectivity index (χ4v) is 2.97. The lowest BCUT2D eigenvalue weighted by Crippen LogP contribution is -1.79. The average Bonchev–Trinajstić information content (AvgIpc) is 3.01. The minimum Gasteiger partial charge on any atom is -0.172 e. The summed E-state index contributed by atoms with van der Waals surface area (Å²) in [6.45, 7) is 0. The Kier molecular flexibility index (Phi) is 2.36. The maximum absolute atomic E-state index is 4.31. The summed E-state index contributed by atoms with van der Waals surface area (Å²) >= 11 is 4.33. The summed E-state index contributed by atoms with van der Waals surface area (Å²) < 4.78 is 8.61. The molecule has 72 valence electrons. The molecule has 0 aliphatic heterocycles. The summed E-state index contributed by atoms with van der Waals surface area (Å²) in [7, 11) is 0. The molecule has 0 bridgehead atoms. The van der Waals surface area contributed by atoms with Gasteiger partial charge in [-0.1, -0.05) is 0 Å². The van der Waals surface area contributed by atoms with Gasteiger partial charge in [0.2, 0.25) is 0 Å². The van der Waals surface area contributed by atoms with Crippen molar-refractivity contribution in [2.75, 3.05) is 0 Å². The number of rotatable bonds is 2. The number of hydrogen-bond acceptors (Lipinski definition) is 5. The van der Waals surface area contributed by atoms with Gasteiger partial charge in [-0.3, -0.25) is 0 Å². The van der Waals surface area contributed by atoms with Crippen molar-refractivity contribution < 1.29 is 0 Å². The van der Waals surface area contributed by atoms with Crippen LogP contribution < -0.4 is 0 Å². The zero-order valence-corrected chi connectivity index (χ0v) is 9.88. The first-order valence-corrected chi connectivity index (χ1v) is 6.68. The summed E-state index contributed by atoms with van der Waals surface area (Å²) in [5, 5.41) is 10.3. The molecule has 0 saturated carbocycles.